The van der Waals surface area contributed by atoms with E-state index in [1.807, 2.05) is 43.4 Å². The molecular formula is C23H22N2P+. The zero-order valence-corrected chi connectivity index (χ0v) is 16.0. The van der Waals surface area contributed by atoms with Gasteiger partial charge in [0.25, 0.3) is 0 Å². The third-order valence-electron chi connectivity index (χ3n) is 4.29. The van der Waals surface area contributed by atoms with Gasteiger partial charge in [0.05, 0.1) is 6.20 Å². The first-order chi connectivity index (χ1) is 12.7. The van der Waals surface area contributed by atoms with E-state index in [-0.39, 0.29) is 0 Å². The van der Waals surface area contributed by atoms with E-state index in [4.69, 9.17) is 0 Å². The van der Waals surface area contributed by atoms with Crippen LogP contribution in [0.2, 0.25) is 0 Å². The van der Waals surface area contributed by atoms with Gasteiger partial charge in [-0.15, -0.1) is 0 Å². The summed E-state index contributed by atoms with van der Waals surface area (Å²) >= 11 is 0. The van der Waals surface area contributed by atoms with Crippen molar-refractivity contribution in [1.82, 2.24) is 4.90 Å². The van der Waals surface area contributed by atoms with E-state index in [1.165, 1.54) is 15.9 Å². The van der Waals surface area contributed by atoms with Crippen LogP contribution in [0.3, 0.4) is 0 Å². The second-order valence-electron chi connectivity index (χ2n) is 6.27. The third-order valence-corrected chi connectivity index (χ3v) is 8.44. The van der Waals surface area contributed by atoms with Gasteiger partial charge in [-0.25, -0.2) is 0 Å². The Morgan fingerprint density at radius 2 is 1.08 bits per heavy atom. The number of allylic oxidation sites excluding steroid dienone is 1. The molecule has 0 spiro atoms. The van der Waals surface area contributed by atoms with Gasteiger partial charge in [0.2, 0.25) is 5.31 Å². The first kappa shape index (κ1) is 17.9. The summed E-state index contributed by atoms with van der Waals surface area (Å²) in [6.45, 7) is 0. The minimum atomic E-state index is -2.26. The summed E-state index contributed by atoms with van der Waals surface area (Å²) in [4.78, 5) is 1.96. The molecular weight excluding hydrogens is 335 g/mol. The van der Waals surface area contributed by atoms with Crippen LogP contribution in [0.15, 0.2) is 103 Å². The van der Waals surface area contributed by atoms with Gasteiger partial charge in [-0.05, 0) is 36.4 Å². The minimum Gasteiger partial charge on any atom is -0.380 e. The summed E-state index contributed by atoms with van der Waals surface area (Å²) in [5.74, 6) is 0. The Morgan fingerprint density at radius 1 is 0.731 bits per heavy atom. The monoisotopic (exact) mass is 357 g/mol. The van der Waals surface area contributed by atoms with E-state index in [9.17, 15) is 5.26 Å². The van der Waals surface area contributed by atoms with Crippen LogP contribution in [0.1, 0.15) is 0 Å². The number of benzene rings is 3. The fraction of sp³-hybridized carbons (Fsp3) is 0.0870. The van der Waals surface area contributed by atoms with Crippen molar-refractivity contribution in [2.24, 2.45) is 0 Å². The fourth-order valence-corrected chi connectivity index (χ4v) is 7.40. The topological polar surface area (TPSA) is 27.0 Å². The number of nitriles is 1. The highest BCUT2D eigenvalue weighted by molar-refractivity contribution is 7.99. The smallest absolute Gasteiger partial charge is 0.201 e. The SMILES string of the molecule is CN(C)C=C(C#N)[P+](c1ccccc1)(c1ccccc1)c1ccccc1. The molecule has 0 fully saturated rings. The summed E-state index contributed by atoms with van der Waals surface area (Å²) in [5.41, 5.74) is 0. The van der Waals surface area contributed by atoms with Crippen molar-refractivity contribution in [2.45, 2.75) is 0 Å². The average molecular weight is 357 g/mol. The molecule has 3 rings (SSSR count). The Balaban J connectivity index is 2.46. The van der Waals surface area contributed by atoms with Crippen molar-refractivity contribution in [3.63, 3.8) is 0 Å². The third kappa shape index (κ3) is 3.27. The maximum Gasteiger partial charge on any atom is 0.201 e. The molecule has 0 aliphatic carbocycles. The van der Waals surface area contributed by atoms with Crippen LogP contribution >= 0.6 is 7.26 Å². The molecule has 0 aliphatic heterocycles. The number of hydrogen-bond donors (Lipinski definition) is 0. The van der Waals surface area contributed by atoms with Crippen LogP contribution in [0.5, 0.6) is 0 Å². The van der Waals surface area contributed by atoms with Crippen LogP contribution in [0.4, 0.5) is 0 Å². The summed E-state index contributed by atoms with van der Waals surface area (Å²) in [6, 6.07) is 33.8. The molecule has 3 aromatic rings. The van der Waals surface area contributed by atoms with Gasteiger partial charge in [0, 0.05) is 14.1 Å². The van der Waals surface area contributed by atoms with Crippen molar-refractivity contribution in [1.29, 1.82) is 5.26 Å². The maximum absolute atomic E-state index is 10.2. The standard InChI is InChI=1S/C23H22N2P/c1-25(2)19-23(18-24)26(20-12-6-3-7-13-20,21-14-8-4-9-15-21)22-16-10-5-11-17-22/h3-17,19H,1-2H3/q+1. The van der Waals surface area contributed by atoms with Crippen LogP contribution in [-0.4, -0.2) is 19.0 Å². The van der Waals surface area contributed by atoms with E-state index in [0.29, 0.717) is 0 Å². The summed E-state index contributed by atoms with van der Waals surface area (Å²) in [6.07, 6.45) is 1.97. The molecule has 0 aromatic heterocycles. The van der Waals surface area contributed by atoms with E-state index in [0.717, 1.165) is 5.31 Å². The van der Waals surface area contributed by atoms with Crippen molar-refractivity contribution in [3.8, 4) is 6.07 Å². The van der Waals surface area contributed by atoms with Gasteiger partial charge >= 0.3 is 0 Å². The molecule has 0 N–H and O–H groups in total. The highest BCUT2D eigenvalue weighted by atomic mass is 31.2. The molecule has 0 radical (unpaired) electrons. The van der Waals surface area contributed by atoms with E-state index in [1.54, 1.807) is 0 Å². The lowest BCUT2D eigenvalue weighted by molar-refractivity contribution is 0.563. The predicted molar refractivity (Wildman–Crippen MR) is 113 cm³/mol. The molecule has 0 bridgehead atoms. The van der Waals surface area contributed by atoms with Crippen LogP contribution in [0.25, 0.3) is 0 Å². The van der Waals surface area contributed by atoms with Gasteiger partial charge in [-0.3, -0.25) is 0 Å². The Labute approximate surface area is 156 Å². The van der Waals surface area contributed by atoms with Crippen molar-refractivity contribution in [3.05, 3.63) is 103 Å². The van der Waals surface area contributed by atoms with E-state index < -0.39 is 7.26 Å². The summed E-state index contributed by atoms with van der Waals surface area (Å²) in [5, 5.41) is 14.5. The highest BCUT2D eigenvalue weighted by Gasteiger charge is 2.50. The number of rotatable bonds is 5. The Morgan fingerprint density at radius 3 is 1.35 bits per heavy atom. The Bertz CT molecular complexity index is 814. The van der Waals surface area contributed by atoms with E-state index in [2.05, 4.69) is 78.9 Å². The van der Waals surface area contributed by atoms with Crippen molar-refractivity contribution in [2.75, 3.05) is 14.1 Å². The molecule has 26 heavy (non-hydrogen) atoms. The lowest BCUT2D eigenvalue weighted by Gasteiger charge is -2.27. The van der Waals surface area contributed by atoms with E-state index >= 15 is 0 Å². The Kier molecular flexibility index (Phi) is 5.52. The lowest BCUT2D eigenvalue weighted by Crippen LogP contribution is -2.32. The van der Waals surface area contributed by atoms with Gasteiger partial charge in [-0.1, -0.05) is 54.6 Å². The molecule has 0 atom stereocenters. The first-order valence-electron chi connectivity index (χ1n) is 8.54. The Hall–Kier alpha value is -2.88. The normalized spacial score (nSPS) is 11.7. The molecule has 2 nitrogen and oxygen atoms in total. The molecule has 0 unspecified atom stereocenters. The van der Waals surface area contributed by atoms with Crippen LogP contribution < -0.4 is 15.9 Å². The van der Waals surface area contributed by atoms with Gasteiger partial charge < -0.3 is 4.90 Å². The fourth-order valence-electron chi connectivity index (χ4n) is 3.25. The van der Waals surface area contributed by atoms with Gasteiger partial charge in [0.1, 0.15) is 22.0 Å². The van der Waals surface area contributed by atoms with Crippen molar-refractivity contribution < 1.29 is 0 Å². The summed E-state index contributed by atoms with van der Waals surface area (Å²) < 4.78 is 0. The molecule has 0 amide bonds. The largest absolute Gasteiger partial charge is 0.380 e. The second kappa shape index (κ2) is 8.00. The minimum absolute atomic E-state index is 0.797. The van der Waals surface area contributed by atoms with Crippen LogP contribution in [0, 0.1) is 11.3 Å². The average Bonchev–Trinajstić information content (AvgIpc) is 2.70. The van der Waals surface area contributed by atoms with Gasteiger partial charge in [-0.2, -0.15) is 5.26 Å². The molecule has 0 saturated heterocycles. The lowest BCUT2D eigenvalue weighted by atomic mass is 10.4. The quantitative estimate of drug-likeness (QED) is 0.511. The highest BCUT2D eigenvalue weighted by Crippen LogP contribution is 2.62. The molecule has 3 heteroatoms. The zero-order valence-electron chi connectivity index (χ0n) is 15.1. The molecule has 0 heterocycles. The molecule has 3 aromatic carbocycles. The first-order valence-corrected chi connectivity index (χ1v) is 10.3. The second-order valence-corrected chi connectivity index (χ2v) is 9.64. The number of nitrogens with zero attached hydrogens (tertiary/aromatic N) is 2. The number of hydrogen-bond acceptors (Lipinski definition) is 2. The molecule has 0 saturated carbocycles. The maximum atomic E-state index is 10.2. The molecule has 0 aliphatic rings. The predicted octanol–water partition coefficient (Wildman–Crippen LogP) is 3.91. The zero-order chi connectivity index (χ0) is 18.4. The van der Waals surface area contributed by atoms with Gasteiger partial charge in [0.15, 0.2) is 7.26 Å². The van der Waals surface area contributed by atoms with Crippen molar-refractivity contribution >= 4 is 23.2 Å². The molecule has 128 valence electrons. The van der Waals surface area contributed by atoms with Crippen LogP contribution in [-0.2, 0) is 0 Å². The summed E-state index contributed by atoms with van der Waals surface area (Å²) in [7, 11) is 1.67.